The number of guanidine groups is 1. The molecule has 4 heteroatoms. The van der Waals surface area contributed by atoms with Crippen LogP contribution >= 0.6 is 11.6 Å². The van der Waals surface area contributed by atoms with Gasteiger partial charge in [-0.25, -0.2) is 4.99 Å². The molecule has 116 valence electrons. The molecule has 0 aromatic heterocycles. The van der Waals surface area contributed by atoms with E-state index in [-0.39, 0.29) is 0 Å². The lowest BCUT2D eigenvalue weighted by Gasteiger charge is -2.28. The van der Waals surface area contributed by atoms with Crippen molar-refractivity contribution in [1.29, 1.82) is 0 Å². The zero-order valence-electron chi connectivity index (χ0n) is 12.7. The lowest BCUT2D eigenvalue weighted by Crippen LogP contribution is -2.30. The Labute approximate surface area is 140 Å². The number of aliphatic imine (C=N–C) groups is 1. The van der Waals surface area contributed by atoms with E-state index in [0.29, 0.717) is 11.9 Å². The van der Waals surface area contributed by atoms with Crippen molar-refractivity contribution >= 4 is 17.6 Å². The van der Waals surface area contributed by atoms with Crippen molar-refractivity contribution in [2.45, 2.75) is 18.4 Å². The fraction of sp³-hybridized carbons (Fsp3) is 0.211. The predicted molar refractivity (Wildman–Crippen MR) is 95.2 cm³/mol. The van der Waals surface area contributed by atoms with Gasteiger partial charge >= 0.3 is 0 Å². The molecule has 1 aliphatic carbocycles. The van der Waals surface area contributed by atoms with Crippen LogP contribution in [-0.2, 0) is 5.54 Å². The number of nitrogens with two attached hydrogens (primary N) is 1. The number of benzene rings is 2. The third-order valence-electron chi connectivity index (χ3n) is 4.66. The maximum Gasteiger partial charge on any atom is 0.194 e. The highest BCUT2D eigenvalue weighted by Gasteiger charge is 2.51. The number of rotatable bonds is 3. The van der Waals surface area contributed by atoms with Crippen molar-refractivity contribution in [2.24, 2.45) is 16.6 Å². The lowest BCUT2D eigenvalue weighted by atomic mass is 9.82. The van der Waals surface area contributed by atoms with Crippen LogP contribution in [0.2, 0.25) is 5.02 Å². The molecule has 1 aliphatic heterocycles. The third kappa shape index (κ3) is 2.32. The van der Waals surface area contributed by atoms with Crippen molar-refractivity contribution in [3.05, 3.63) is 71.4 Å². The zero-order valence-corrected chi connectivity index (χ0v) is 13.5. The Morgan fingerprint density at radius 1 is 1.13 bits per heavy atom. The van der Waals surface area contributed by atoms with Crippen LogP contribution in [0, 0.1) is 5.92 Å². The van der Waals surface area contributed by atoms with E-state index in [1.54, 1.807) is 0 Å². The first-order chi connectivity index (χ1) is 11.1. The molecule has 1 heterocycles. The SMILES string of the molecule is C=C1NC(N)=NC1(c1cccc(-c2cccc(Cl)c2)c1)C1CC1. The normalized spacial score (nSPS) is 23.5. The van der Waals surface area contributed by atoms with E-state index in [1.807, 2.05) is 18.2 Å². The summed E-state index contributed by atoms with van der Waals surface area (Å²) in [6, 6.07) is 16.3. The number of hydrogen-bond acceptors (Lipinski definition) is 3. The number of halogens is 1. The maximum absolute atomic E-state index is 6.13. The number of nitrogens with zero attached hydrogens (tertiary/aromatic N) is 1. The Hall–Kier alpha value is -2.26. The molecule has 0 radical (unpaired) electrons. The van der Waals surface area contributed by atoms with Crippen molar-refractivity contribution in [3.8, 4) is 11.1 Å². The summed E-state index contributed by atoms with van der Waals surface area (Å²) in [5, 5.41) is 3.84. The lowest BCUT2D eigenvalue weighted by molar-refractivity contribution is 0.468. The van der Waals surface area contributed by atoms with Crippen LogP contribution < -0.4 is 11.1 Å². The van der Waals surface area contributed by atoms with Gasteiger partial charge in [0, 0.05) is 10.7 Å². The van der Waals surface area contributed by atoms with E-state index in [0.717, 1.165) is 40.3 Å². The van der Waals surface area contributed by atoms with E-state index < -0.39 is 5.54 Å². The summed E-state index contributed by atoms with van der Waals surface area (Å²) in [4.78, 5) is 4.74. The second-order valence-electron chi connectivity index (χ2n) is 6.23. The highest BCUT2D eigenvalue weighted by atomic mass is 35.5. The summed E-state index contributed by atoms with van der Waals surface area (Å²) in [5.74, 6) is 0.924. The number of hydrogen-bond donors (Lipinski definition) is 2. The van der Waals surface area contributed by atoms with E-state index in [9.17, 15) is 0 Å². The van der Waals surface area contributed by atoms with Crippen molar-refractivity contribution < 1.29 is 0 Å². The third-order valence-corrected chi connectivity index (χ3v) is 4.90. The molecular weight excluding hydrogens is 306 g/mol. The van der Waals surface area contributed by atoms with Gasteiger partial charge < -0.3 is 11.1 Å². The van der Waals surface area contributed by atoms with Crippen LogP contribution in [0.1, 0.15) is 18.4 Å². The molecule has 1 fully saturated rings. The molecule has 0 amide bonds. The molecule has 3 N–H and O–H groups in total. The van der Waals surface area contributed by atoms with Gasteiger partial charge in [0.15, 0.2) is 5.96 Å². The zero-order chi connectivity index (χ0) is 16.0. The van der Waals surface area contributed by atoms with Gasteiger partial charge in [0.05, 0.1) is 0 Å². The van der Waals surface area contributed by atoms with Gasteiger partial charge in [-0.1, -0.05) is 48.5 Å². The van der Waals surface area contributed by atoms with E-state index in [1.165, 1.54) is 0 Å². The minimum absolute atomic E-state index is 0.432. The van der Waals surface area contributed by atoms with Gasteiger partial charge in [-0.15, -0.1) is 0 Å². The Balaban J connectivity index is 1.83. The molecule has 2 aliphatic rings. The van der Waals surface area contributed by atoms with Crippen LogP contribution in [0.3, 0.4) is 0 Å². The van der Waals surface area contributed by atoms with Gasteiger partial charge in [-0.05, 0) is 53.6 Å². The van der Waals surface area contributed by atoms with Crippen LogP contribution in [0.25, 0.3) is 11.1 Å². The van der Waals surface area contributed by atoms with Crippen LogP contribution in [-0.4, -0.2) is 5.96 Å². The molecule has 4 rings (SSSR count). The number of nitrogens with one attached hydrogen (secondary N) is 1. The minimum atomic E-state index is -0.432. The first-order valence-corrected chi connectivity index (χ1v) is 8.15. The minimum Gasteiger partial charge on any atom is -0.370 e. The summed E-state index contributed by atoms with van der Waals surface area (Å²) in [6.45, 7) is 4.19. The molecule has 2 aromatic carbocycles. The second kappa shape index (κ2) is 5.14. The Morgan fingerprint density at radius 3 is 2.43 bits per heavy atom. The molecular formula is C19H18ClN3. The Kier molecular flexibility index (Phi) is 3.20. The summed E-state index contributed by atoms with van der Waals surface area (Å²) >= 11 is 6.13. The molecule has 0 saturated heterocycles. The van der Waals surface area contributed by atoms with Crippen molar-refractivity contribution in [3.63, 3.8) is 0 Å². The first kappa shape index (κ1) is 14.3. The van der Waals surface area contributed by atoms with E-state index in [4.69, 9.17) is 22.3 Å². The fourth-order valence-corrected chi connectivity index (χ4v) is 3.64. The maximum atomic E-state index is 6.13. The highest BCUT2D eigenvalue weighted by Crippen LogP contribution is 2.53. The fourth-order valence-electron chi connectivity index (χ4n) is 3.45. The summed E-state index contributed by atoms with van der Waals surface area (Å²) in [6.07, 6.45) is 2.30. The standard InChI is InChI=1S/C19H18ClN3/c1-12-19(15-8-9-15,23-18(21)22-12)16-6-2-4-13(10-16)14-5-3-7-17(20)11-14/h2-7,10-11,15H,1,8-9H2,(H3,21,22,23). The van der Waals surface area contributed by atoms with E-state index in [2.05, 4.69) is 42.2 Å². The van der Waals surface area contributed by atoms with Crippen LogP contribution in [0.4, 0.5) is 0 Å². The molecule has 0 bridgehead atoms. The topological polar surface area (TPSA) is 50.4 Å². The second-order valence-corrected chi connectivity index (χ2v) is 6.67. The van der Waals surface area contributed by atoms with E-state index >= 15 is 0 Å². The van der Waals surface area contributed by atoms with Gasteiger partial charge in [-0.2, -0.15) is 0 Å². The van der Waals surface area contributed by atoms with Gasteiger partial charge in [-0.3, -0.25) is 0 Å². The Bertz CT molecular complexity index is 823. The van der Waals surface area contributed by atoms with Gasteiger partial charge in [0.25, 0.3) is 0 Å². The molecule has 0 spiro atoms. The van der Waals surface area contributed by atoms with Gasteiger partial charge in [0.2, 0.25) is 0 Å². The summed E-state index contributed by atoms with van der Waals surface area (Å²) < 4.78 is 0. The summed E-state index contributed by atoms with van der Waals surface area (Å²) in [7, 11) is 0. The van der Waals surface area contributed by atoms with Crippen molar-refractivity contribution in [1.82, 2.24) is 5.32 Å². The molecule has 2 aromatic rings. The molecule has 3 nitrogen and oxygen atoms in total. The van der Waals surface area contributed by atoms with Gasteiger partial charge in [0.1, 0.15) is 5.54 Å². The highest BCUT2D eigenvalue weighted by molar-refractivity contribution is 6.30. The average Bonchev–Trinajstić information content (AvgIpc) is 3.33. The molecule has 1 unspecified atom stereocenters. The van der Waals surface area contributed by atoms with Crippen LogP contribution in [0.5, 0.6) is 0 Å². The molecule has 23 heavy (non-hydrogen) atoms. The largest absolute Gasteiger partial charge is 0.370 e. The molecule has 1 saturated carbocycles. The predicted octanol–water partition coefficient (Wildman–Crippen LogP) is 4.04. The van der Waals surface area contributed by atoms with Crippen LogP contribution in [0.15, 0.2) is 65.8 Å². The smallest absolute Gasteiger partial charge is 0.194 e. The monoisotopic (exact) mass is 323 g/mol. The summed E-state index contributed by atoms with van der Waals surface area (Å²) in [5.41, 5.74) is 9.73. The first-order valence-electron chi connectivity index (χ1n) is 7.78. The van der Waals surface area contributed by atoms with Crippen molar-refractivity contribution in [2.75, 3.05) is 0 Å². The Morgan fingerprint density at radius 2 is 1.83 bits per heavy atom. The quantitative estimate of drug-likeness (QED) is 0.895. The molecule has 1 atom stereocenters. The average molecular weight is 324 g/mol.